The lowest BCUT2D eigenvalue weighted by Gasteiger charge is -2.10. The quantitative estimate of drug-likeness (QED) is 0.451. The molecule has 1 N–H and O–H groups in total. The molecule has 0 radical (unpaired) electrons. The number of hydrogen-bond acceptors (Lipinski definition) is 5. The van der Waals surface area contributed by atoms with Gasteiger partial charge in [0.2, 0.25) is 0 Å². The fraction of sp³-hybridized carbons (Fsp3) is 0.143. The van der Waals surface area contributed by atoms with E-state index in [0.29, 0.717) is 16.5 Å². The van der Waals surface area contributed by atoms with Crippen LogP contribution in [-0.4, -0.2) is 25.6 Å². The van der Waals surface area contributed by atoms with Crippen molar-refractivity contribution in [2.45, 2.75) is 6.92 Å². The molecule has 0 aliphatic heterocycles. The molecule has 1 amide bonds. The Kier molecular flexibility index (Phi) is 6.34. The molecule has 0 fully saturated rings. The molecule has 0 unspecified atom stereocenters. The number of ether oxygens (including phenoxy) is 2. The minimum Gasteiger partial charge on any atom is -0.495 e. The normalized spacial score (nSPS) is 11.0. The molecular formula is C21H18ClNO4S. The van der Waals surface area contributed by atoms with Gasteiger partial charge in [-0.3, -0.25) is 4.79 Å². The second kappa shape index (κ2) is 8.91. The molecule has 5 nitrogen and oxygen atoms in total. The second-order valence-electron chi connectivity index (χ2n) is 5.97. The van der Waals surface area contributed by atoms with E-state index in [1.807, 2.05) is 37.3 Å². The number of esters is 1. The summed E-state index contributed by atoms with van der Waals surface area (Å²) in [6, 6.07) is 13.1. The first-order chi connectivity index (χ1) is 13.5. The molecule has 7 heteroatoms. The lowest BCUT2D eigenvalue weighted by Crippen LogP contribution is -2.20. The van der Waals surface area contributed by atoms with Gasteiger partial charge in [-0.05, 0) is 36.8 Å². The number of nitrogens with one attached hydrogen (secondary N) is 1. The highest BCUT2D eigenvalue weighted by atomic mass is 35.5. The van der Waals surface area contributed by atoms with Crippen molar-refractivity contribution in [2.75, 3.05) is 19.0 Å². The fourth-order valence-corrected chi connectivity index (χ4v) is 3.97. The zero-order valence-electron chi connectivity index (χ0n) is 15.3. The predicted octanol–water partition coefficient (Wildman–Crippen LogP) is 5.07. The van der Waals surface area contributed by atoms with Crippen molar-refractivity contribution in [1.29, 1.82) is 0 Å². The Labute approximate surface area is 171 Å². The van der Waals surface area contributed by atoms with Crippen molar-refractivity contribution in [3.8, 4) is 5.75 Å². The van der Waals surface area contributed by atoms with Gasteiger partial charge in [0.1, 0.15) is 5.75 Å². The molecule has 0 saturated heterocycles. The van der Waals surface area contributed by atoms with Gasteiger partial charge in [-0.15, -0.1) is 11.3 Å². The smallest absolute Gasteiger partial charge is 0.331 e. The number of carbonyl (C=O) groups excluding carboxylic acids is 2. The summed E-state index contributed by atoms with van der Waals surface area (Å²) < 4.78 is 11.2. The van der Waals surface area contributed by atoms with Gasteiger partial charge in [-0.1, -0.05) is 35.9 Å². The molecule has 0 aliphatic rings. The van der Waals surface area contributed by atoms with Crippen LogP contribution in [0.5, 0.6) is 5.75 Å². The summed E-state index contributed by atoms with van der Waals surface area (Å²) in [7, 11) is 1.52. The van der Waals surface area contributed by atoms with Crippen molar-refractivity contribution < 1.29 is 19.1 Å². The van der Waals surface area contributed by atoms with Crippen LogP contribution in [0.15, 0.2) is 48.5 Å². The molecule has 0 saturated carbocycles. The highest BCUT2D eigenvalue weighted by molar-refractivity contribution is 7.20. The summed E-state index contributed by atoms with van der Waals surface area (Å²) in [4.78, 5) is 24.7. The number of methoxy groups -OCH3 is 1. The summed E-state index contributed by atoms with van der Waals surface area (Å²) in [6.45, 7) is 1.50. The molecule has 28 heavy (non-hydrogen) atoms. The van der Waals surface area contributed by atoms with Gasteiger partial charge in [-0.2, -0.15) is 0 Å². The van der Waals surface area contributed by atoms with E-state index >= 15 is 0 Å². The van der Waals surface area contributed by atoms with Crippen LogP contribution in [0.1, 0.15) is 10.4 Å². The van der Waals surface area contributed by atoms with E-state index in [9.17, 15) is 9.59 Å². The van der Waals surface area contributed by atoms with Crippen molar-refractivity contribution in [2.24, 2.45) is 0 Å². The number of aryl methyl sites for hydroxylation is 1. The Balaban J connectivity index is 1.58. The van der Waals surface area contributed by atoms with Crippen LogP contribution in [0.2, 0.25) is 5.02 Å². The van der Waals surface area contributed by atoms with E-state index in [0.717, 1.165) is 20.5 Å². The van der Waals surface area contributed by atoms with Crippen LogP contribution in [0.25, 0.3) is 16.2 Å². The van der Waals surface area contributed by atoms with Crippen LogP contribution in [0.4, 0.5) is 5.69 Å². The van der Waals surface area contributed by atoms with Gasteiger partial charge in [0, 0.05) is 21.0 Å². The molecule has 2 aromatic carbocycles. The fourth-order valence-electron chi connectivity index (χ4n) is 2.57. The molecule has 0 atom stereocenters. The summed E-state index contributed by atoms with van der Waals surface area (Å²) in [5.74, 6) is -0.546. The van der Waals surface area contributed by atoms with Gasteiger partial charge in [0.15, 0.2) is 6.61 Å². The van der Waals surface area contributed by atoms with E-state index in [1.54, 1.807) is 18.2 Å². The maximum Gasteiger partial charge on any atom is 0.331 e. The molecule has 0 bridgehead atoms. The van der Waals surface area contributed by atoms with Gasteiger partial charge in [0.05, 0.1) is 17.8 Å². The number of benzene rings is 2. The topological polar surface area (TPSA) is 64.6 Å². The van der Waals surface area contributed by atoms with Gasteiger partial charge in [-0.25, -0.2) is 4.79 Å². The predicted molar refractivity (Wildman–Crippen MR) is 113 cm³/mol. The molecule has 3 rings (SSSR count). The second-order valence-corrected chi connectivity index (χ2v) is 7.43. The highest BCUT2D eigenvalue weighted by Gasteiger charge is 2.11. The number of anilines is 1. The average molecular weight is 416 g/mol. The standard InChI is InChI=1S/C21H18ClNO4S/c1-13-7-8-16(26-2)15(11-13)23-19(24)12-27-20(25)10-9-18-21(22)14-5-3-4-6-17(14)28-18/h3-11H,12H2,1-2H3,(H,23,24)/b10-9+. The Hall–Kier alpha value is -2.83. The number of halogens is 1. The third kappa shape index (κ3) is 4.71. The first-order valence-electron chi connectivity index (χ1n) is 8.44. The van der Waals surface area contributed by atoms with Crippen molar-refractivity contribution in [1.82, 2.24) is 0 Å². The monoisotopic (exact) mass is 415 g/mol. The number of carbonyl (C=O) groups is 2. The van der Waals surface area contributed by atoms with E-state index in [-0.39, 0.29) is 0 Å². The van der Waals surface area contributed by atoms with Crippen molar-refractivity contribution >= 4 is 56.7 Å². The minimum atomic E-state index is -0.625. The van der Waals surface area contributed by atoms with E-state index in [4.69, 9.17) is 21.1 Å². The summed E-state index contributed by atoms with van der Waals surface area (Å²) in [6.07, 6.45) is 2.86. The van der Waals surface area contributed by atoms with E-state index in [1.165, 1.54) is 24.5 Å². The van der Waals surface area contributed by atoms with Crippen LogP contribution in [0.3, 0.4) is 0 Å². The van der Waals surface area contributed by atoms with Crippen molar-refractivity contribution in [3.63, 3.8) is 0 Å². The largest absolute Gasteiger partial charge is 0.495 e. The molecule has 144 valence electrons. The first-order valence-corrected chi connectivity index (χ1v) is 9.63. The number of thiophene rings is 1. The van der Waals surface area contributed by atoms with Gasteiger partial charge in [0.25, 0.3) is 5.91 Å². The maximum absolute atomic E-state index is 12.1. The Morgan fingerprint density at radius 3 is 2.75 bits per heavy atom. The first kappa shape index (κ1) is 19.9. The molecule has 1 aromatic heterocycles. The average Bonchev–Trinajstić information content (AvgIpc) is 3.01. The number of fused-ring (bicyclic) bond motifs is 1. The van der Waals surface area contributed by atoms with Crippen molar-refractivity contribution in [3.05, 3.63) is 64.0 Å². The van der Waals surface area contributed by atoms with E-state index in [2.05, 4.69) is 5.32 Å². The lowest BCUT2D eigenvalue weighted by molar-refractivity contribution is -0.142. The van der Waals surface area contributed by atoms with Gasteiger partial charge >= 0.3 is 5.97 Å². The zero-order chi connectivity index (χ0) is 20.1. The number of rotatable bonds is 6. The Morgan fingerprint density at radius 2 is 2.00 bits per heavy atom. The summed E-state index contributed by atoms with van der Waals surface area (Å²) >= 11 is 7.81. The van der Waals surface area contributed by atoms with E-state index < -0.39 is 18.5 Å². The van der Waals surface area contributed by atoms with Gasteiger partial charge < -0.3 is 14.8 Å². The third-order valence-electron chi connectivity index (χ3n) is 3.91. The van der Waals surface area contributed by atoms with Crippen LogP contribution in [-0.2, 0) is 14.3 Å². The van der Waals surface area contributed by atoms with Crippen LogP contribution < -0.4 is 10.1 Å². The molecule has 0 aliphatic carbocycles. The third-order valence-corrected chi connectivity index (χ3v) is 5.56. The minimum absolute atomic E-state index is 0.402. The molecule has 1 heterocycles. The molecule has 0 spiro atoms. The Morgan fingerprint density at radius 1 is 1.21 bits per heavy atom. The Bertz CT molecular complexity index is 1060. The van der Waals surface area contributed by atoms with Crippen LogP contribution in [0, 0.1) is 6.92 Å². The highest BCUT2D eigenvalue weighted by Crippen LogP contribution is 2.35. The SMILES string of the molecule is COc1ccc(C)cc1NC(=O)COC(=O)/C=C/c1sc2ccccc2c1Cl. The maximum atomic E-state index is 12.1. The number of hydrogen-bond donors (Lipinski definition) is 1. The van der Waals surface area contributed by atoms with Crippen LogP contribution >= 0.6 is 22.9 Å². The number of amides is 1. The molecule has 3 aromatic rings. The summed E-state index contributed by atoms with van der Waals surface area (Å²) in [5, 5.41) is 4.20. The summed E-state index contributed by atoms with van der Waals surface area (Å²) in [5.41, 5.74) is 1.49. The lowest BCUT2D eigenvalue weighted by atomic mass is 10.2. The zero-order valence-corrected chi connectivity index (χ0v) is 16.9. The molecular weight excluding hydrogens is 398 g/mol.